The predicted molar refractivity (Wildman–Crippen MR) is 106 cm³/mol. The van der Waals surface area contributed by atoms with Gasteiger partial charge < -0.3 is 5.32 Å². The van der Waals surface area contributed by atoms with Gasteiger partial charge in [0.05, 0.1) is 0 Å². The number of anilines is 1. The summed E-state index contributed by atoms with van der Waals surface area (Å²) in [5.74, 6) is 1.50. The van der Waals surface area contributed by atoms with Gasteiger partial charge in [-0.3, -0.25) is 0 Å². The van der Waals surface area contributed by atoms with Crippen LogP contribution in [-0.2, 0) is 12.8 Å². The van der Waals surface area contributed by atoms with Gasteiger partial charge in [-0.05, 0) is 41.4 Å². The van der Waals surface area contributed by atoms with E-state index in [2.05, 4.69) is 56.1 Å². The molecule has 0 aliphatic heterocycles. The first-order chi connectivity index (χ1) is 12.9. The molecule has 5 heteroatoms. The van der Waals surface area contributed by atoms with E-state index in [0.717, 1.165) is 46.7 Å². The second-order valence-corrected chi connectivity index (χ2v) is 7.49. The van der Waals surface area contributed by atoms with Gasteiger partial charge in [0.15, 0.2) is 0 Å². The number of aromatic nitrogens is 3. The molecule has 4 nitrogen and oxygen atoms in total. The predicted octanol–water partition coefficient (Wildman–Crippen LogP) is 4.58. The molecule has 2 aromatic carbocycles. The highest BCUT2D eigenvalue weighted by molar-refractivity contribution is 7.14. The third-order valence-corrected chi connectivity index (χ3v) is 5.84. The quantitative estimate of drug-likeness (QED) is 0.580. The molecular formula is C21H18N4S. The minimum Gasteiger partial charge on any atom is -0.368 e. The summed E-state index contributed by atoms with van der Waals surface area (Å²) in [7, 11) is 0. The highest BCUT2D eigenvalue weighted by Gasteiger charge is 2.21. The number of nitrogens with zero attached hydrogens (tertiary/aromatic N) is 3. The lowest BCUT2D eigenvalue weighted by molar-refractivity contribution is 0.593. The number of benzene rings is 2. The molecule has 2 aromatic heterocycles. The maximum absolute atomic E-state index is 4.64. The minimum atomic E-state index is 0.610. The molecular weight excluding hydrogens is 340 g/mol. The Morgan fingerprint density at radius 1 is 0.923 bits per heavy atom. The molecule has 128 valence electrons. The molecule has 5 rings (SSSR count). The van der Waals surface area contributed by atoms with Gasteiger partial charge in [-0.15, -0.1) is 0 Å². The summed E-state index contributed by atoms with van der Waals surface area (Å²) in [6, 6.07) is 19.0. The molecule has 0 saturated carbocycles. The molecule has 0 unspecified atom stereocenters. The van der Waals surface area contributed by atoms with Crippen molar-refractivity contribution in [1.29, 1.82) is 0 Å². The molecule has 1 aliphatic rings. The lowest BCUT2D eigenvalue weighted by Crippen LogP contribution is -2.15. The number of rotatable bonds is 4. The first kappa shape index (κ1) is 15.5. The molecule has 0 saturated heterocycles. The summed E-state index contributed by atoms with van der Waals surface area (Å²) >= 11 is 1.47. The molecule has 0 spiro atoms. The second kappa shape index (κ2) is 6.50. The highest BCUT2D eigenvalue weighted by Crippen LogP contribution is 2.33. The van der Waals surface area contributed by atoms with Gasteiger partial charge in [-0.1, -0.05) is 54.6 Å². The van der Waals surface area contributed by atoms with E-state index in [1.165, 1.54) is 22.7 Å². The normalized spacial score (nSPS) is 13.8. The topological polar surface area (TPSA) is 50.7 Å². The summed E-state index contributed by atoms with van der Waals surface area (Å²) in [5.41, 5.74) is 5.92. The standard InChI is InChI=1S/C21H18N4S/c1-2-6-15(7-3-1)18-19-20(26-25-18)21(24-13-23-19)22-12-14-10-16-8-4-5-9-17(16)11-14/h1-9,13-14H,10-12H2,(H,22,23,24). The zero-order valence-corrected chi connectivity index (χ0v) is 15.0. The van der Waals surface area contributed by atoms with Crippen LogP contribution in [0.5, 0.6) is 0 Å². The first-order valence-electron chi connectivity index (χ1n) is 8.85. The molecule has 4 aromatic rings. The Balaban J connectivity index is 1.38. The smallest absolute Gasteiger partial charge is 0.149 e. The number of hydrogen-bond acceptors (Lipinski definition) is 5. The summed E-state index contributed by atoms with van der Waals surface area (Å²) in [4.78, 5) is 8.96. The van der Waals surface area contributed by atoms with Crippen LogP contribution in [0, 0.1) is 5.92 Å². The van der Waals surface area contributed by atoms with E-state index < -0.39 is 0 Å². The minimum absolute atomic E-state index is 0.610. The van der Waals surface area contributed by atoms with E-state index in [-0.39, 0.29) is 0 Å². The average molecular weight is 358 g/mol. The van der Waals surface area contributed by atoms with Crippen LogP contribution in [0.1, 0.15) is 11.1 Å². The van der Waals surface area contributed by atoms with Gasteiger partial charge in [-0.25, -0.2) is 9.97 Å². The van der Waals surface area contributed by atoms with Crippen molar-refractivity contribution in [2.45, 2.75) is 12.8 Å². The SMILES string of the molecule is c1ccc(-c2nsc3c(NCC4Cc5ccccc5C4)ncnc23)cc1. The fourth-order valence-corrected chi connectivity index (χ4v) is 4.53. The Labute approximate surface area is 156 Å². The van der Waals surface area contributed by atoms with E-state index in [4.69, 9.17) is 0 Å². The van der Waals surface area contributed by atoms with Gasteiger partial charge in [-0.2, -0.15) is 4.37 Å². The molecule has 26 heavy (non-hydrogen) atoms. The lowest BCUT2D eigenvalue weighted by atomic mass is 10.1. The van der Waals surface area contributed by atoms with Crippen molar-refractivity contribution in [3.8, 4) is 11.3 Å². The summed E-state index contributed by atoms with van der Waals surface area (Å²) in [6.45, 7) is 0.916. The molecule has 0 atom stereocenters. The number of hydrogen-bond donors (Lipinski definition) is 1. The number of nitrogens with one attached hydrogen (secondary N) is 1. The molecule has 1 N–H and O–H groups in total. The zero-order chi connectivity index (χ0) is 17.3. The van der Waals surface area contributed by atoms with Crippen LogP contribution >= 0.6 is 11.5 Å². The molecule has 2 heterocycles. The molecule has 0 radical (unpaired) electrons. The van der Waals surface area contributed by atoms with E-state index in [9.17, 15) is 0 Å². The number of fused-ring (bicyclic) bond motifs is 2. The molecule has 1 aliphatic carbocycles. The Hall–Kier alpha value is -2.79. The van der Waals surface area contributed by atoms with Crippen molar-refractivity contribution in [2.24, 2.45) is 5.92 Å². The first-order valence-corrected chi connectivity index (χ1v) is 9.62. The summed E-state index contributed by atoms with van der Waals surface area (Å²) < 4.78 is 5.67. The van der Waals surface area contributed by atoms with E-state index in [0.29, 0.717) is 5.92 Å². The largest absolute Gasteiger partial charge is 0.368 e. The molecule has 0 fully saturated rings. The van der Waals surface area contributed by atoms with Crippen LogP contribution in [0.3, 0.4) is 0 Å². The third-order valence-electron chi connectivity index (χ3n) is 5.00. The van der Waals surface area contributed by atoms with Crippen molar-refractivity contribution in [3.63, 3.8) is 0 Å². The Kier molecular flexibility index (Phi) is 3.87. The van der Waals surface area contributed by atoms with Crippen molar-refractivity contribution in [3.05, 3.63) is 72.1 Å². The third kappa shape index (κ3) is 2.74. The fraction of sp³-hybridized carbons (Fsp3) is 0.190. The van der Waals surface area contributed by atoms with E-state index >= 15 is 0 Å². The van der Waals surface area contributed by atoms with Crippen LogP contribution in [0.25, 0.3) is 21.5 Å². The van der Waals surface area contributed by atoms with Crippen molar-refractivity contribution in [2.75, 3.05) is 11.9 Å². The Morgan fingerprint density at radius 3 is 2.42 bits per heavy atom. The maximum Gasteiger partial charge on any atom is 0.149 e. The monoisotopic (exact) mass is 358 g/mol. The van der Waals surface area contributed by atoms with E-state index in [1.807, 2.05) is 18.2 Å². The second-order valence-electron chi connectivity index (χ2n) is 6.72. The van der Waals surface area contributed by atoms with Gasteiger partial charge in [0.25, 0.3) is 0 Å². The van der Waals surface area contributed by atoms with Crippen molar-refractivity contribution in [1.82, 2.24) is 14.3 Å². The maximum atomic E-state index is 4.64. The fourth-order valence-electron chi connectivity index (χ4n) is 3.71. The Bertz CT molecular complexity index is 1030. The Morgan fingerprint density at radius 2 is 1.65 bits per heavy atom. The average Bonchev–Trinajstić information content (AvgIpc) is 3.31. The van der Waals surface area contributed by atoms with Crippen LogP contribution < -0.4 is 5.32 Å². The van der Waals surface area contributed by atoms with Crippen LogP contribution in [0.2, 0.25) is 0 Å². The van der Waals surface area contributed by atoms with Gasteiger partial charge in [0.2, 0.25) is 0 Å². The van der Waals surface area contributed by atoms with Crippen LogP contribution in [0.4, 0.5) is 5.82 Å². The highest BCUT2D eigenvalue weighted by atomic mass is 32.1. The van der Waals surface area contributed by atoms with Crippen LogP contribution in [0.15, 0.2) is 60.9 Å². The van der Waals surface area contributed by atoms with Crippen LogP contribution in [-0.4, -0.2) is 20.9 Å². The zero-order valence-electron chi connectivity index (χ0n) is 14.2. The lowest BCUT2D eigenvalue weighted by Gasteiger charge is -2.11. The summed E-state index contributed by atoms with van der Waals surface area (Å²) in [6.07, 6.45) is 3.90. The van der Waals surface area contributed by atoms with Gasteiger partial charge in [0.1, 0.15) is 28.1 Å². The van der Waals surface area contributed by atoms with E-state index in [1.54, 1.807) is 6.33 Å². The molecule has 0 amide bonds. The van der Waals surface area contributed by atoms with Crippen molar-refractivity contribution >= 4 is 27.6 Å². The van der Waals surface area contributed by atoms with Gasteiger partial charge >= 0.3 is 0 Å². The molecule has 0 bridgehead atoms. The van der Waals surface area contributed by atoms with Gasteiger partial charge in [0, 0.05) is 12.1 Å². The van der Waals surface area contributed by atoms with Crippen molar-refractivity contribution < 1.29 is 0 Å². The summed E-state index contributed by atoms with van der Waals surface area (Å²) in [5, 5.41) is 3.55.